The monoisotopic (exact) mass is 154 g/mol. The molecule has 0 aliphatic heterocycles. The Morgan fingerprint density at radius 3 is 1.73 bits per heavy atom. The highest BCUT2D eigenvalue weighted by molar-refractivity contribution is 5.07. The van der Waals surface area contributed by atoms with Crippen molar-refractivity contribution in [3.8, 4) is 0 Å². The maximum Gasteiger partial charge on any atom is 0.0925 e. The van der Waals surface area contributed by atoms with E-state index in [1.807, 2.05) is 0 Å². The summed E-state index contributed by atoms with van der Waals surface area (Å²) in [5, 5.41) is 0. The highest BCUT2D eigenvalue weighted by atomic mass is 14.8. The molecule has 0 heterocycles. The Bertz CT molecular complexity index is 136. The normalized spacial score (nSPS) is 20.5. The van der Waals surface area contributed by atoms with Crippen molar-refractivity contribution in [3.63, 3.8) is 0 Å². The molecule has 0 unspecified atom stereocenters. The van der Waals surface area contributed by atoms with Crippen LogP contribution in [-0.4, -0.2) is 0 Å². The van der Waals surface area contributed by atoms with Gasteiger partial charge in [-0.1, -0.05) is 19.3 Å². The molecule has 0 amide bonds. The number of allylic oxidation sites excluding steroid dienone is 1. The summed E-state index contributed by atoms with van der Waals surface area (Å²) in [5.41, 5.74) is 12.4. The van der Waals surface area contributed by atoms with Crippen LogP contribution in [0.3, 0.4) is 0 Å². The van der Waals surface area contributed by atoms with E-state index in [1.54, 1.807) is 0 Å². The summed E-state index contributed by atoms with van der Waals surface area (Å²) >= 11 is 0. The minimum atomic E-state index is 0.576. The maximum atomic E-state index is 5.55. The van der Waals surface area contributed by atoms with Crippen molar-refractivity contribution in [2.24, 2.45) is 11.5 Å². The third kappa shape index (κ3) is 2.83. The molecule has 1 aliphatic carbocycles. The van der Waals surface area contributed by atoms with Crippen LogP contribution in [0.25, 0.3) is 0 Å². The molecule has 64 valence electrons. The summed E-state index contributed by atoms with van der Waals surface area (Å²) in [4.78, 5) is 0. The fourth-order valence-electron chi connectivity index (χ4n) is 1.62. The molecule has 0 spiro atoms. The lowest BCUT2D eigenvalue weighted by Gasteiger charge is -2.12. The smallest absolute Gasteiger partial charge is 0.0925 e. The van der Waals surface area contributed by atoms with Gasteiger partial charge in [0.15, 0.2) is 0 Å². The first-order chi connectivity index (χ1) is 5.30. The van der Waals surface area contributed by atoms with Crippen molar-refractivity contribution in [3.05, 3.63) is 11.4 Å². The molecule has 0 radical (unpaired) electrons. The summed E-state index contributed by atoms with van der Waals surface area (Å²) in [6.07, 6.45) is 8.87. The standard InChI is InChI=1S/C9H18N2/c10-9(11)8-6-4-2-1-3-5-7-8/h1-7,10-11H2. The highest BCUT2D eigenvalue weighted by Crippen LogP contribution is 2.21. The zero-order chi connectivity index (χ0) is 8.10. The predicted octanol–water partition coefficient (Wildman–Crippen LogP) is 1.86. The van der Waals surface area contributed by atoms with Crippen molar-refractivity contribution in [2.75, 3.05) is 0 Å². The van der Waals surface area contributed by atoms with E-state index < -0.39 is 0 Å². The van der Waals surface area contributed by atoms with Crippen LogP contribution in [0.2, 0.25) is 0 Å². The van der Waals surface area contributed by atoms with Crippen LogP contribution in [-0.2, 0) is 0 Å². The van der Waals surface area contributed by atoms with Crippen molar-refractivity contribution < 1.29 is 0 Å². The molecule has 0 aromatic carbocycles. The van der Waals surface area contributed by atoms with Gasteiger partial charge >= 0.3 is 0 Å². The van der Waals surface area contributed by atoms with Gasteiger partial charge in [-0.25, -0.2) is 0 Å². The van der Waals surface area contributed by atoms with Gasteiger partial charge in [0.1, 0.15) is 0 Å². The van der Waals surface area contributed by atoms with Gasteiger partial charge in [0.05, 0.1) is 5.82 Å². The molecule has 1 aliphatic rings. The van der Waals surface area contributed by atoms with Crippen LogP contribution in [0, 0.1) is 0 Å². The van der Waals surface area contributed by atoms with Gasteiger partial charge in [-0.05, 0) is 31.3 Å². The average molecular weight is 154 g/mol. The van der Waals surface area contributed by atoms with E-state index in [2.05, 4.69) is 0 Å². The average Bonchev–Trinajstić information content (AvgIpc) is 1.84. The Balaban J connectivity index is 2.45. The Morgan fingerprint density at radius 2 is 1.27 bits per heavy atom. The van der Waals surface area contributed by atoms with Gasteiger partial charge in [0.25, 0.3) is 0 Å². The molecular formula is C9H18N2. The number of rotatable bonds is 0. The van der Waals surface area contributed by atoms with E-state index >= 15 is 0 Å². The minimum Gasteiger partial charge on any atom is -0.386 e. The minimum absolute atomic E-state index is 0.576. The van der Waals surface area contributed by atoms with Crippen molar-refractivity contribution >= 4 is 0 Å². The van der Waals surface area contributed by atoms with Crippen LogP contribution in [0.4, 0.5) is 0 Å². The first-order valence-corrected chi connectivity index (χ1v) is 4.53. The van der Waals surface area contributed by atoms with E-state index in [4.69, 9.17) is 11.5 Å². The first kappa shape index (κ1) is 8.44. The van der Waals surface area contributed by atoms with Crippen molar-refractivity contribution in [1.82, 2.24) is 0 Å². The molecule has 2 heteroatoms. The summed E-state index contributed by atoms with van der Waals surface area (Å²) in [7, 11) is 0. The SMILES string of the molecule is NC(N)=C1CCCCCCC1. The molecule has 0 aromatic heterocycles. The molecule has 1 rings (SSSR count). The second-order valence-corrected chi connectivity index (χ2v) is 3.33. The van der Waals surface area contributed by atoms with E-state index in [0.717, 1.165) is 12.8 Å². The first-order valence-electron chi connectivity index (χ1n) is 4.53. The molecule has 0 saturated heterocycles. The van der Waals surface area contributed by atoms with Gasteiger partial charge in [0.2, 0.25) is 0 Å². The van der Waals surface area contributed by atoms with Gasteiger partial charge in [0, 0.05) is 0 Å². The lowest BCUT2D eigenvalue weighted by molar-refractivity contribution is 0.564. The molecule has 2 nitrogen and oxygen atoms in total. The quantitative estimate of drug-likeness (QED) is 0.559. The molecule has 11 heavy (non-hydrogen) atoms. The zero-order valence-electron chi connectivity index (χ0n) is 7.10. The van der Waals surface area contributed by atoms with E-state index in [9.17, 15) is 0 Å². The number of nitrogens with two attached hydrogens (primary N) is 2. The number of hydrogen-bond donors (Lipinski definition) is 2. The van der Waals surface area contributed by atoms with Crippen LogP contribution in [0.5, 0.6) is 0 Å². The van der Waals surface area contributed by atoms with Crippen LogP contribution >= 0.6 is 0 Å². The van der Waals surface area contributed by atoms with Gasteiger partial charge in [-0.2, -0.15) is 0 Å². The Hall–Kier alpha value is -0.660. The topological polar surface area (TPSA) is 52.0 Å². The third-order valence-corrected chi connectivity index (χ3v) is 2.37. The molecule has 0 atom stereocenters. The Morgan fingerprint density at radius 1 is 0.818 bits per heavy atom. The molecule has 4 N–H and O–H groups in total. The van der Waals surface area contributed by atoms with Crippen LogP contribution in [0.1, 0.15) is 44.9 Å². The molecular weight excluding hydrogens is 136 g/mol. The number of hydrogen-bond acceptors (Lipinski definition) is 2. The summed E-state index contributed by atoms with van der Waals surface area (Å²) in [6.45, 7) is 0. The van der Waals surface area contributed by atoms with Crippen LogP contribution in [0.15, 0.2) is 11.4 Å². The summed E-state index contributed by atoms with van der Waals surface area (Å²) < 4.78 is 0. The summed E-state index contributed by atoms with van der Waals surface area (Å²) in [5.74, 6) is 0.576. The second kappa shape index (κ2) is 4.27. The maximum absolute atomic E-state index is 5.55. The van der Waals surface area contributed by atoms with Gasteiger partial charge in [-0.15, -0.1) is 0 Å². The lowest BCUT2D eigenvalue weighted by Crippen LogP contribution is -2.13. The fraction of sp³-hybridized carbons (Fsp3) is 0.778. The Kier molecular flexibility index (Phi) is 3.27. The van der Waals surface area contributed by atoms with Crippen molar-refractivity contribution in [1.29, 1.82) is 0 Å². The molecule has 0 aromatic rings. The predicted molar refractivity (Wildman–Crippen MR) is 47.7 cm³/mol. The van der Waals surface area contributed by atoms with Gasteiger partial charge in [-0.3, -0.25) is 0 Å². The van der Waals surface area contributed by atoms with Crippen LogP contribution < -0.4 is 11.5 Å². The Labute approximate surface area is 68.6 Å². The molecule has 1 saturated carbocycles. The summed E-state index contributed by atoms with van der Waals surface area (Å²) in [6, 6.07) is 0. The third-order valence-electron chi connectivity index (χ3n) is 2.37. The van der Waals surface area contributed by atoms with Gasteiger partial charge < -0.3 is 11.5 Å². The zero-order valence-corrected chi connectivity index (χ0v) is 7.10. The second-order valence-electron chi connectivity index (χ2n) is 3.33. The lowest BCUT2D eigenvalue weighted by atomic mass is 9.96. The molecule has 1 fully saturated rings. The fourth-order valence-corrected chi connectivity index (χ4v) is 1.62. The van der Waals surface area contributed by atoms with E-state index in [1.165, 1.54) is 37.7 Å². The van der Waals surface area contributed by atoms with E-state index in [0.29, 0.717) is 5.82 Å². The van der Waals surface area contributed by atoms with E-state index in [-0.39, 0.29) is 0 Å². The highest BCUT2D eigenvalue weighted by Gasteiger charge is 2.04. The van der Waals surface area contributed by atoms with Crippen molar-refractivity contribution in [2.45, 2.75) is 44.9 Å². The largest absolute Gasteiger partial charge is 0.386 e. The molecule has 0 bridgehead atoms.